The number of halogens is 3. The first kappa shape index (κ1) is 39.2. The number of ether oxygens (including phenoxy) is 4. The van der Waals surface area contributed by atoms with Crippen LogP contribution in [0, 0.1) is 19.3 Å². The number of nitrogens with zero attached hydrogens (tertiary/aromatic N) is 1. The number of esters is 1. The summed E-state index contributed by atoms with van der Waals surface area (Å²) in [5, 5.41) is 2.91. The number of carbonyl (C=O) groups excluding carboxylic acids is 3. The lowest BCUT2D eigenvalue weighted by Crippen LogP contribution is -2.44. The van der Waals surface area contributed by atoms with Crippen LogP contribution in [-0.2, 0) is 19.1 Å². The Hall–Kier alpha value is -2.22. The summed E-state index contributed by atoms with van der Waals surface area (Å²) in [6.45, 7) is 7.20. The van der Waals surface area contributed by atoms with Crippen LogP contribution in [0.15, 0.2) is 29.1 Å². The monoisotopic (exact) mass is 987 g/mol. The normalized spacial score (nSPS) is 12.7. The van der Waals surface area contributed by atoms with Gasteiger partial charge in [-0.1, -0.05) is 74.7 Å². The van der Waals surface area contributed by atoms with Crippen molar-refractivity contribution in [3.8, 4) is 28.6 Å². The summed E-state index contributed by atoms with van der Waals surface area (Å²) >= 11 is 6.86. The predicted molar refractivity (Wildman–Crippen MR) is 207 cm³/mol. The fourth-order valence-electron chi connectivity index (χ4n) is 4.89. The maximum absolute atomic E-state index is 13.2. The van der Waals surface area contributed by atoms with Crippen molar-refractivity contribution in [2.75, 3.05) is 34.1 Å². The molecule has 0 radical (unpaired) electrons. The molecule has 0 fully saturated rings. The van der Waals surface area contributed by atoms with E-state index in [2.05, 4.69) is 83.1 Å². The van der Waals surface area contributed by atoms with Crippen LogP contribution in [0.4, 0.5) is 0 Å². The van der Waals surface area contributed by atoms with Gasteiger partial charge < -0.3 is 29.2 Å². The molecule has 0 saturated carbocycles. The van der Waals surface area contributed by atoms with Crippen LogP contribution in [-0.4, -0.2) is 73.9 Å². The topological polar surface area (TPSA) is 146 Å². The lowest BCUT2D eigenvalue weighted by atomic mass is 9.98. The summed E-state index contributed by atoms with van der Waals surface area (Å²) < 4.78 is 25.1. The van der Waals surface area contributed by atoms with Crippen molar-refractivity contribution < 1.29 is 33.3 Å². The van der Waals surface area contributed by atoms with Crippen LogP contribution in [0.5, 0.6) is 17.2 Å². The Morgan fingerprint density at radius 1 is 0.979 bits per heavy atom. The number of hydrogen-bond acceptors (Lipinski definition) is 9. The zero-order valence-electron chi connectivity index (χ0n) is 27.3. The van der Waals surface area contributed by atoms with Gasteiger partial charge in [0.25, 0.3) is 5.56 Å². The lowest BCUT2D eigenvalue weighted by molar-refractivity contribution is -0.151. The number of alkyl halides is 3. The Kier molecular flexibility index (Phi) is 15.0. The molecule has 2 aromatic carbocycles. The molecule has 2 atom stereocenters. The first-order chi connectivity index (χ1) is 22.3. The quantitative estimate of drug-likeness (QED) is 0.0936. The minimum Gasteiger partial charge on any atom is -0.497 e. The van der Waals surface area contributed by atoms with Crippen molar-refractivity contribution in [3.05, 3.63) is 45.7 Å². The van der Waals surface area contributed by atoms with E-state index < -0.39 is 24.0 Å². The number of aryl methyl sites for hydroxylation is 2. The van der Waals surface area contributed by atoms with Crippen LogP contribution >= 0.6 is 67.8 Å². The first-order valence-corrected chi connectivity index (χ1v) is 19.5. The average Bonchev–Trinajstić information content (AvgIpc) is 3.05. The number of aromatic nitrogens is 2. The molecule has 47 heavy (non-hydrogen) atoms. The number of benzene rings is 2. The van der Waals surface area contributed by atoms with Crippen molar-refractivity contribution in [2.45, 2.75) is 59.1 Å². The number of Topliss-reactive ketones (excluding diaryl/α,β-unsaturated/α-hetero) is 1. The van der Waals surface area contributed by atoms with Crippen molar-refractivity contribution >= 4 is 96.3 Å². The van der Waals surface area contributed by atoms with Gasteiger partial charge in [0, 0.05) is 56.2 Å². The summed E-state index contributed by atoms with van der Waals surface area (Å²) in [6.07, 6.45) is -0.0858. The van der Waals surface area contributed by atoms with Gasteiger partial charge in [-0.3, -0.25) is 14.4 Å². The lowest BCUT2D eigenvalue weighted by Gasteiger charge is -2.28. The third-order valence-electron chi connectivity index (χ3n) is 7.60. The van der Waals surface area contributed by atoms with Crippen molar-refractivity contribution in [1.82, 2.24) is 15.3 Å². The number of ketones is 1. The SMILES string of the molecule is CCC(CC(=O)CC(NC(C)=O)C(=O)OCC(CI)(CI)CI)Oc1c(C)cc(-c2nc3cc(OC)cc(OC)c3c(=O)[nH]2)cc1C. The molecular weight excluding hydrogens is 947 g/mol. The van der Waals surface area contributed by atoms with E-state index in [1.807, 2.05) is 32.9 Å². The number of nitrogens with one attached hydrogen (secondary N) is 2. The molecular formula is C33H40I3N3O8. The van der Waals surface area contributed by atoms with E-state index in [1.54, 1.807) is 12.1 Å². The number of H-pyrrole nitrogens is 1. The smallest absolute Gasteiger partial charge is 0.329 e. The predicted octanol–water partition coefficient (Wildman–Crippen LogP) is 6.07. The van der Waals surface area contributed by atoms with Gasteiger partial charge in [-0.25, -0.2) is 9.78 Å². The van der Waals surface area contributed by atoms with Crippen LogP contribution in [0.2, 0.25) is 0 Å². The molecule has 14 heteroatoms. The van der Waals surface area contributed by atoms with Crippen LogP contribution in [0.25, 0.3) is 22.3 Å². The van der Waals surface area contributed by atoms with E-state index in [0.29, 0.717) is 46.0 Å². The third-order valence-corrected chi connectivity index (χ3v) is 12.4. The van der Waals surface area contributed by atoms with E-state index in [1.165, 1.54) is 21.1 Å². The van der Waals surface area contributed by atoms with Gasteiger partial charge in [-0.2, -0.15) is 0 Å². The molecule has 2 N–H and O–H groups in total. The van der Waals surface area contributed by atoms with Crippen LogP contribution < -0.4 is 25.1 Å². The third kappa shape index (κ3) is 10.1. The summed E-state index contributed by atoms with van der Waals surface area (Å²) in [5.74, 6) is 0.601. The molecule has 0 aliphatic heterocycles. The molecule has 1 heterocycles. The second kappa shape index (κ2) is 18.0. The van der Waals surface area contributed by atoms with Crippen LogP contribution in [0.3, 0.4) is 0 Å². The highest BCUT2D eigenvalue weighted by molar-refractivity contribution is 14.1. The fourth-order valence-corrected chi connectivity index (χ4v) is 10.3. The number of fused-ring (bicyclic) bond motifs is 1. The number of carbonyl (C=O) groups is 3. The molecule has 2 unspecified atom stereocenters. The van der Waals surface area contributed by atoms with Crippen molar-refractivity contribution in [1.29, 1.82) is 0 Å². The molecule has 256 valence electrons. The zero-order valence-corrected chi connectivity index (χ0v) is 33.7. The molecule has 0 aliphatic carbocycles. The fraction of sp³-hybridized carbons (Fsp3) is 0.485. The van der Waals surface area contributed by atoms with E-state index in [9.17, 15) is 19.2 Å². The second-order valence-corrected chi connectivity index (χ2v) is 13.7. The Morgan fingerprint density at radius 2 is 1.62 bits per heavy atom. The largest absolute Gasteiger partial charge is 0.497 e. The number of rotatable bonds is 17. The maximum Gasteiger partial charge on any atom is 0.329 e. The molecule has 1 aromatic heterocycles. The summed E-state index contributed by atoms with van der Waals surface area (Å²) in [4.78, 5) is 58.7. The standard InChI is InChI=1S/C33H40I3N3O8/c1-7-23(10-22(41)11-26(37-20(4)40)32(43)46-17-33(14-34,15-35)16-36)47-29-18(2)8-21(9-19(29)3)30-38-25-12-24(44-5)13-27(45-6)28(25)31(42)39-30/h8-9,12-13,23,26H,7,10-11,14-17H2,1-6H3,(H,37,40)(H,38,39,42). The highest BCUT2D eigenvalue weighted by atomic mass is 127. The number of methoxy groups -OCH3 is 2. The number of amides is 1. The van der Waals surface area contributed by atoms with Crippen molar-refractivity contribution in [3.63, 3.8) is 0 Å². The van der Waals surface area contributed by atoms with E-state index in [-0.39, 0.29) is 36.2 Å². The number of aromatic amines is 1. The number of hydrogen-bond donors (Lipinski definition) is 2. The molecule has 3 aromatic rings. The Morgan fingerprint density at radius 3 is 2.15 bits per heavy atom. The highest BCUT2D eigenvalue weighted by Gasteiger charge is 2.32. The average molecular weight is 987 g/mol. The minimum absolute atomic E-state index is 0.0445. The molecule has 0 bridgehead atoms. The maximum atomic E-state index is 13.2. The van der Waals surface area contributed by atoms with E-state index in [4.69, 9.17) is 18.9 Å². The minimum atomic E-state index is -1.08. The van der Waals surface area contributed by atoms with Gasteiger partial charge >= 0.3 is 5.97 Å². The molecule has 11 nitrogen and oxygen atoms in total. The first-order valence-electron chi connectivity index (χ1n) is 14.9. The van der Waals surface area contributed by atoms with Gasteiger partial charge in [0.15, 0.2) is 0 Å². The molecule has 0 aliphatic rings. The van der Waals surface area contributed by atoms with Gasteiger partial charge in [-0.05, 0) is 43.5 Å². The second-order valence-electron chi connectivity index (χ2n) is 11.4. The summed E-state index contributed by atoms with van der Waals surface area (Å²) in [5.41, 5.74) is 2.19. The Bertz CT molecular complexity index is 1630. The van der Waals surface area contributed by atoms with Crippen LogP contribution in [0.1, 0.15) is 44.2 Å². The highest BCUT2D eigenvalue weighted by Crippen LogP contribution is 2.33. The summed E-state index contributed by atoms with van der Waals surface area (Å²) in [7, 11) is 3.01. The Labute approximate surface area is 315 Å². The Balaban J connectivity index is 1.78. The summed E-state index contributed by atoms with van der Waals surface area (Å²) in [6, 6.07) is 5.97. The molecule has 0 saturated heterocycles. The van der Waals surface area contributed by atoms with Gasteiger partial charge in [-0.15, -0.1) is 0 Å². The molecule has 3 rings (SSSR count). The van der Waals surface area contributed by atoms with E-state index >= 15 is 0 Å². The van der Waals surface area contributed by atoms with Gasteiger partial charge in [0.1, 0.15) is 46.4 Å². The molecule has 1 amide bonds. The van der Waals surface area contributed by atoms with Gasteiger partial charge in [0.05, 0.1) is 26.3 Å². The van der Waals surface area contributed by atoms with Crippen molar-refractivity contribution in [2.24, 2.45) is 5.41 Å². The molecule has 0 spiro atoms. The van der Waals surface area contributed by atoms with E-state index in [0.717, 1.165) is 24.4 Å². The van der Waals surface area contributed by atoms with Gasteiger partial charge in [0.2, 0.25) is 5.91 Å². The zero-order chi connectivity index (χ0) is 34.9.